The van der Waals surface area contributed by atoms with Crippen molar-refractivity contribution in [3.8, 4) is 0 Å². The molecule has 25 heavy (non-hydrogen) atoms. The topological polar surface area (TPSA) is 36.8 Å². The van der Waals surface area contributed by atoms with E-state index in [-0.39, 0.29) is 5.91 Å². The highest BCUT2D eigenvalue weighted by molar-refractivity contribution is 6.33. The number of benzene rings is 2. The first-order valence-electron chi connectivity index (χ1n) is 8.86. The molecule has 0 aromatic heterocycles. The molecule has 0 aliphatic carbocycles. The van der Waals surface area contributed by atoms with Crippen LogP contribution in [0.25, 0.3) is 0 Å². The van der Waals surface area contributed by atoms with Crippen LogP contribution >= 0.6 is 11.6 Å². The molecule has 4 nitrogen and oxygen atoms in total. The highest BCUT2D eigenvalue weighted by Gasteiger charge is 2.23. The monoisotopic (exact) mass is 358 g/mol. The van der Waals surface area contributed by atoms with Gasteiger partial charge in [0.25, 0.3) is 5.91 Å². The molecule has 5 heteroatoms. The van der Waals surface area contributed by atoms with E-state index in [9.17, 15) is 4.79 Å². The Morgan fingerprint density at radius 2 is 1.72 bits per heavy atom. The van der Waals surface area contributed by atoms with Crippen LogP contribution in [0.1, 0.15) is 5.56 Å². The zero-order valence-corrected chi connectivity index (χ0v) is 15.1. The summed E-state index contributed by atoms with van der Waals surface area (Å²) in [5.74, 6) is 0.136. The molecular formula is C20H25ClN3O+. The predicted octanol–water partition coefficient (Wildman–Crippen LogP) is 1.40. The molecule has 0 bridgehead atoms. The minimum absolute atomic E-state index is 0.136. The zero-order valence-electron chi connectivity index (χ0n) is 14.4. The second kappa shape index (κ2) is 8.88. The molecule has 1 fully saturated rings. The molecule has 1 heterocycles. The Balaban J connectivity index is 1.38. The number of amides is 1. The smallest absolute Gasteiger partial charge is 0.275 e. The van der Waals surface area contributed by atoms with Crippen molar-refractivity contribution in [1.29, 1.82) is 0 Å². The number of anilines is 1. The number of nitrogens with one attached hydrogen (secondary N) is 2. The molecule has 0 saturated carbocycles. The quantitative estimate of drug-likeness (QED) is 0.819. The van der Waals surface area contributed by atoms with Gasteiger partial charge in [-0.25, -0.2) is 0 Å². The van der Waals surface area contributed by atoms with Gasteiger partial charge in [0.05, 0.1) is 36.9 Å². The molecule has 1 aliphatic rings. The van der Waals surface area contributed by atoms with Gasteiger partial charge in [0.2, 0.25) is 0 Å². The van der Waals surface area contributed by atoms with Crippen molar-refractivity contribution >= 4 is 23.2 Å². The molecule has 0 spiro atoms. The summed E-state index contributed by atoms with van der Waals surface area (Å²) < 4.78 is 0. The van der Waals surface area contributed by atoms with Crippen molar-refractivity contribution in [1.82, 2.24) is 5.32 Å². The van der Waals surface area contributed by atoms with Gasteiger partial charge >= 0.3 is 0 Å². The fraction of sp³-hybridized carbons (Fsp3) is 0.350. The number of carbonyl (C=O) groups excluding carboxylic acids is 1. The lowest BCUT2D eigenvalue weighted by molar-refractivity contribution is -0.892. The highest BCUT2D eigenvalue weighted by Crippen LogP contribution is 2.24. The van der Waals surface area contributed by atoms with Crippen LogP contribution in [0.3, 0.4) is 0 Å². The highest BCUT2D eigenvalue weighted by atomic mass is 35.5. The minimum Gasteiger partial charge on any atom is -0.359 e. The second-order valence-electron chi connectivity index (χ2n) is 6.45. The van der Waals surface area contributed by atoms with Crippen molar-refractivity contribution in [2.75, 3.05) is 44.2 Å². The van der Waals surface area contributed by atoms with E-state index in [2.05, 4.69) is 28.4 Å². The first kappa shape index (κ1) is 17.8. The molecular weight excluding hydrogens is 334 g/mol. The van der Waals surface area contributed by atoms with Crippen LogP contribution in [0, 0.1) is 0 Å². The number of hydrogen-bond acceptors (Lipinski definition) is 2. The largest absolute Gasteiger partial charge is 0.359 e. The Kier molecular flexibility index (Phi) is 6.31. The molecule has 2 N–H and O–H groups in total. The lowest BCUT2D eigenvalue weighted by Gasteiger charge is -2.33. The van der Waals surface area contributed by atoms with E-state index in [1.165, 1.54) is 10.5 Å². The molecule has 0 unspecified atom stereocenters. The molecule has 3 rings (SSSR count). The van der Waals surface area contributed by atoms with Crippen LogP contribution in [0.15, 0.2) is 54.6 Å². The number of para-hydroxylation sites is 1. The van der Waals surface area contributed by atoms with Gasteiger partial charge in [-0.2, -0.15) is 0 Å². The average Bonchev–Trinajstić information content (AvgIpc) is 2.64. The minimum atomic E-state index is 0.136. The molecule has 0 radical (unpaired) electrons. The first-order chi connectivity index (χ1) is 12.2. The Bertz CT molecular complexity index is 684. The van der Waals surface area contributed by atoms with Crippen LogP contribution in [0.5, 0.6) is 0 Å². The van der Waals surface area contributed by atoms with Gasteiger partial charge in [0, 0.05) is 6.54 Å². The van der Waals surface area contributed by atoms with E-state index in [0.29, 0.717) is 13.1 Å². The number of rotatable bonds is 6. The van der Waals surface area contributed by atoms with Crippen LogP contribution < -0.4 is 15.1 Å². The van der Waals surface area contributed by atoms with Gasteiger partial charge in [-0.05, 0) is 24.1 Å². The van der Waals surface area contributed by atoms with E-state index in [1.54, 1.807) is 0 Å². The third-order valence-electron chi connectivity index (χ3n) is 4.65. The Morgan fingerprint density at radius 3 is 2.44 bits per heavy atom. The number of piperazine rings is 1. The molecule has 2 aromatic carbocycles. The maximum absolute atomic E-state index is 12.1. The van der Waals surface area contributed by atoms with Gasteiger partial charge in [0.15, 0.2) is 6.54 Å². The lowest BCUT2D eigenvalue weighted by Crippen LogP contribution is -3.16. The summed E-state index contributed by atoms with van der Waals surface area (Å²) in [7, 11) is 0. The summed E-state index contributed by atoms with van der Waals surface area (Å²) in [6.07, 6.45) is 0.877. The van der Waals surface area contributed by atoms with E-state index < -0.39 is 0 Å². The molecule has 2 aromatic rings. The van der Waals surface area contributed by atoms with Gasteiger partial charge in [-0.3, -0.25) is 4.79 Å². The second-order valence-corrected chi connectivity index (χ2v) is 6.86. The van der Waals surface area contributed by atoms with E-state index in [0.717, 1.165) is 43.3 Å². The van der Waals surface area contributed by atoms with E-state index >= 15 is 0 Å². The molecule has 1 amide bonds. The summed E-state index contributed by atoms with van der Waals surface area (Å²) in [5.41, 5.74) is 2.35. The number of nitrogens with zero attached hydrogens (tertiary/aromatic N) is 1. The molecule has 132 valence electrons. The molecule has 1 aliphatic heterocycles. The van der Waals surface area contributed by atoms with Crippen LogP contribution in [0.2, 0.25) is 5.02 Å². The number of halogens is 1. The Hall–Kier alpha value is -2.04. The van der Waals surface area contributed by atoms with Gasteiger partial charge in [-0.1, -0.05) is 54.1 Å². The van der Waals surface area contributed by atoms with Crippen LogP contribution in [-0.2, 0) is 11.2 Å². The number of quaternary nitrogens is 1. The summed E-state index contributed by atoms with van der Waals surface area (Å²) in [5, 5.41) is 3.83. The van der Waals surface area contributed by atoms with Crippen molar-refractivity contribution in [3.63, 3.8) is 0 Å². The third kappa shape index (κ3) is 5.21. The summed E-state index contributed by atoms with van der Waals surface area (Å²) in [6.45, 7) is 5.01. The average molecular weight is 359 g/mol. The van der Waals surface area contributed by atoms with E-state index in [4.69, 9.17) is 11.6 Å². The molecule has 1 saturated heterocycles. The maximum Gasteiger partial charge on any atom is 0.275 e. The van der Waals surface area contributed by atoms with Gasteiger partial charge < -0.3 is 15.1 Å². The van der Waals surface area contributed by atoms with Gasteiger partial charge in [-0.15, -0.1) is 0 Å². The standard InChI is InChI=1S/C20H24ClN3O/c21-18-8-4-5-9-19(18)24-14-12-23(13-15-24)16-20(25)22-11-10-17-6-2-1-3-7-17/h1-9H,10-16H2,(H,22,25)/p+1. The molecule has 0 atom stereocenters. The fourth-order valence-corrected chi connectivity index (χ4v) is 3.48. The summed E-state index contributed by atoms with van der Waals surface area (Å²) in [6, 6.07) is 18.2. The summed E-state index contributed by atoms with van der Waals surface area (Å²) in [4.78, 5) is 15.8. The van der Waals surface area contributed by atoms with Crippen molar-refractivity contribution in [2.24, 2.45) is 0 Å². The van der Waals surface area contributed by atoms with Crippen LogP contribution in [-0.4, -0.2) is 45.2 Å². The maximum atomic E-state index is 12.1. The normalized spacial score (nSPS) is 15.2. The summed E-state index contributed by atoms with van der Waals surface area (Å²) >= 11 is 6.27. The predicted molar refractivity (Wildman–Crippen MR) is 102 cm³/mol. The zero-order chi connectivity index (χ0) is 17.5. The van der Waals surface area contributed by atoms with Crippen LogP contribution in [0.4, 0.5) is 5.69 Å². The fourth-order valence-electron chi connectivity index (χ4n) is 3.23. The lowest BCUT2D eigenvalue weighted by atomic mass is 10.1. The van der Waals surface area contributed by atoms with Crippen molar-refractivity contribution in [3.05, 3.63) is 65.2 Å². The van der Waals surface area contributed by atoms with E-state index in [1.807, 2.05) is 36.4 Å². The first-order valence-corrected chi connectivity index (χ1v) is 9.24. The number of hydrogen-bond donors (Lipinski definition) is 2. The van der Waals surface area contributed by atoms with Crippen molar-refractivity contribution in [2.45, 2.75) is 6.42 Å². The third-order valence-corrected chi connectivity index (χ3v) is 4.97. The Morgan fingerprint density at radius 1 is 1.04 bits per heavy atom. The Labute approximate surface area is 154 Å². The SMILES string of the molecule is O=C(C[NH+]1CCN(c2ccccc2Cl)CC1)NCCc1ccccc1. The number of carbonyl (C=O) groups is 1. The van der Waals surface area contributed by atoms with Gasteiger partial charge in [0.1, 0.15) is 0 Å². The van der Waals surface area contributed by atoms with Crippen molar-refractivity contribution < 1.29 is 9.69 Å².